The second-order valence-electron chi connectivity index (χ2n) is 5.82. The molecule has 2 aromatic rings. The molecule has 0 spiro atoms. The second-order valence-corrected chi connectivity index (χ2v) is 5.82. The van der Waals surface area contributed by atoms with Gasteiger partial charge in [0.05, 0.1) is 5.70 Å². The van der Waals surface area contributed by atoms with Gasteiger partial charge in [0.1, 0.15) is 19.8 Å². The highest BCUT2D eigenvalue weighted by molar-refractivity contribution is 5.82. The van der Waals surface area contributed by atoms with Gasteiger partial charge in [-0.1, -0.05) is 18.7 Å². The molecular weight excluding hydrogens is 336 g/mol. The summed E-state index contributed by atoms with van der Waals surface area (Å²) in [7, 11) is 0. The van der Waals surface area contributed by atoms with E-state index in [0.717, 1.165) is 5.56 Å². The quantitative estimate of drug-likeness (QED) is 0.817. The molecule has 2 heterocycles. The number of para-hydroxylation sites is 2. The van der Waals surface area contributed by atoms with Crippen LogP contribution in [-0.2, 0) is 4.79 Å². The fourth-order valence-electron chi connectivity index (χ4n) is 2.67. The van der Waals surface area contributed by atoms with Crippen LogP contribution in [0.15, 0.2) is 49.0 Å². The van der Waals surface area contributed by atoms with Gasteiger partial charge in [-0.3, -0.25) is 15.6 Å². The van der Waals surface area contributed by atoms with Crippen LogP contribution < -0.4 is 29.8 Å². The van der Waals surface area contributed by atoms with Crippen molar-refractivity contribution in [1.29, 1.82) is 0 Å². The zero-order valence-electron chi connectivity index (χ0n) is 14.0. The minimum Gasteiger partial charge on any atom is -0.486 e. The highest BCUT2D eigenvalue weighted by atomic mass is 16.6. The Morgan fingerprint density at radius 3 is 2.50 bits per heavy atom. The van der Waals surface area contributed by atoms with Gasteiger partial charge < -0.3 is 18.9 Å². The summed E-state index contributed by atoms with van der Waals surface area (Å²) in [6.45, 7) is 5.12. The molecule has 7 nitrogen and oxygen atoms in total. The SMILES string of the molecule is C=C(NNC(=O)[C@@H]1COc2ccccc2O1)c1ccc2c(c1)OCCO2. The highest BCUT2D eigenvalue weighted by Crippen LogP contribution is 2.32. The van der Waals surface area contributed by atoms with Crippen molar-refractivity contribution < 1.29 is 23.7 Å². The molecule has 0 radical (unpaired) electrons. The topological polar surface area (TPSA) is 78.1 Å². The molecular formula is C19H18N2O5. The molecule has 2 N–H and O–H groups in total. The number of carbonyl (C=O) groups is 1. The minimum atomic E-state index is -0.745. The Kier molecular flexibility index (Phi) is 4.27. The lowest BCUT2D eigenvalue weighted by molar-refractivity contribution is -0.131. The molecule has 134 valence electrons. The van der Waals surface area contributed by atoms with Crippen molar-refractivity contribution in [3.05, 3.63) is 54.6 Å². The monoisotopic (exact) mass is 354 g/mol. The van der Waals surface area contributed by atoms with Gasteiger partial charge in [-0.2, -0.15) is 0 Å². The normalized spacial score (nSPS) is 17.2. The van der Waals surface area contributed by atoms with Crippen LogP contribution in [0.4, 0.5) is 0 Å². The number of hydrazine groups is 1. The summed E-state index contributed by atoms with van der Waals surface area (Å²) in [5.74, 6) is 2.18. The van der Waals surface area contributed by atoms with Crippen molar-refractivity contribution in [2.75, 3.05) is 19.8 Å². The number of hydrogen-bond donors (Lipinski definition) is 2. The maximum Gasteiger partial charge on any atom is 0.282 e. The molecule has 0 bridgehead atoms. The number of ether oxygens (including phenoxy) is 4. The Morgan fingerprint density at radius 2 is 1.65 bits per heavy atom. The van der Waals surface area contributed by atoms with E-state index in [0.29, 0.717) is 41.9 Å². The van der Waals surface area contributed by atoms with E-state index in [1.54, 1.807) is 12.1 Å². The standard InChI is InChI=1S/C19H18N2O5/c1-12(13-6-7-15-17(10-13)24-9-8-23-15)20-21-19(22)18-11-25-14-4-2-3-5-16(14)26-18/h2-7,10,18,20H,1,8-9,11H2,(H,21,22)/t18-/m0/s1. The summed E-state index contributed by atoms with van der Waals surface area (Å²) in [6.07, 6.45) is -0.745. The Balaban J connectivity index is 1.35. The van der Waals surface area contributed by atoms with Gasteiger partial charge in [0.2, 0.25) is 6.10 Å². The third kappa shape index (κ3) is 3.23. The Labute approximate surface area is 150 Å². The maximum atomic E-state index is 12.3. The number of benzene rings is 2. The Bertz CT molecular complexity index is 852. The molecule has 2 aromatic carbocycles. The second kappa shape index (κ2) is 6.87. The summed E-state index contributed by atoms with van der Waals surface area (Å²) in [5, 5.41) is 0. The van der Waals surface area contributed by atoms with Crippen LogP contribution in [-0.4, -0.2) is 31.8 Å². The van der Waals surface area contributed by atoms with E-state index >= 15 is 0 Å². The molecule has 26 heavy (non-hydrogen) atoms. The van der Waals surface area contributed by atoms with Gasteiger partial charge in [0.15, 0.2) is 23.0 Å². The lowest BCUT2D eigenvalue weighted by Gasteiger charge is -2.26. The van der Waals surface area contributed by atoms with Crippen LogP contribution in [0.2, 0.25) is 0 Å². The summed E-state index contributed by atoms with van der Waals surface area (Å²) < 4.78 is 22.2. The molecule has 0 saturated carbocycles. The third-order valence-corrected chi connectivity index (χ3v) is 4.03. The van der Waals surface area contributed by atoms with Gasteiger partial charge in [0.25, 0.3) is 5.91 Å². The molecule has 0 fully saturated rings. The van der Waals surface area contributed by atoms with E-state index in [2.05, 4.69) is 17.4 Å². The number of hydrogen-bond acceptors (Lipinski definition) is 6. The average Bonchev–Trinajstić information content (AvgIpc) is 2.71. The predicted molar refractivity (Wildman–Crippen MR) is 94.1 cm³/mol. The predicted octanol–water partition coefficient (Wildman–Crippen LogP) is 1.89. The first-order chi connectivity index (χ1) is 12.7. The number of nitrogens with one attached hydrogen (secondary N) is 2. The molecule has 1 atom stereocenters. The zero-order chi connectivity index (χ0) is 17.9. The van der Waals surface area contributed by atoms with Crippen LogP contribution in [0.3, 0.4) is 0 Å². The minimum absolute atomic E-state index is 0.140. The van der Waals surface area contributed by atoms with E-state index in [4.69, 9.17) is 18.9 Å². The van der Waals surface area contributed by atoms with Gasteiger partial charge in [0, 0.05) is 5.56 Å². The largest absolute Gasteiger partial charge is 0.486 e. The van der Waals surface area contributed by atoms with E-state index in [-0.39, 0.29) is 12.5 Å². The van der Waals surface area contributed by atoms with E-state index in [1.165, 1.54) is 0 Å². The van der Waals surface area contributed by atoms with Crippen LogP contribution in [0.25, 0.3) is 5.70 Å². The molecule has 7 heteroatoms. The summed E-state index contributed by atoms with van der Waals surface area (Å²) in [6, 6.07) is 12.7. The van der Waals surface area contributed by atoms with Gasteiger partial charge in [-0.15, -0.1) is 0 Å². The third-order valence-electron chi connectivity index (χ3n) is 4.03. The fourth-order valence-corrected chi connectivity index (χ4v) is 2.67. The van der Waals surface area contributed by atoms with Crippen molar-refractivity contribution in [1.82, 2.24) is 10.9 Å². The number of fused-ring (bicyclic) bond motifs is 2. The molecule has 0 saturated heterocycles. The maximum absolute atomic E-state index is 12.3. The number of amides is 1. The van der Waals surface area contributed by atoms with Crippen molar-refractivity contribution in [2.24, 2.45) is 0 Å². The Morgan fingerprint density at radius 1 is 0.923 bits per heavy atom. The molecule has 0 aromatic heterocycles. The fraction of sp³-hybridized carbons (Fsp3) is 0.211. The average molecular weight is 354 g/mol. The lowest BCUT2D eigenvalue weighted by atomic mass is 10.1. The van der Waals surface area contributed by atoms with Gasteiger partial charge in [-0.05, 0) is 30.3 Å². The van der Waals surface area contributed by atoms with Crippen LogP contribution >= 0.6 is 0 Å². The van der Waals surface area contributed by atoms with Crippen molar-refractivity contribution in [3.63, 3.8) is 0 Å². The van der Waals surface area contributed by atoms with E-state index < -0.39 is 6.10 Å². The summed E-state index contributed by atoms with van der Waals surface area (Å²) in [4.78, 5) is 12.3. The molecule has 1 amide bonds. The number of carbonyl (C=O) groups excluding carboxylic acids is 1. The molecule has 0 aliphatic carbocycles. The zero-order valence-corrected chi connectivity index (χ0v) is 14.0. The lowest BCUT2D eigenvalue weighted by Crippen LogP contribution is -2.48. The first-order valence-corrected chi connectivity index (χ1v) is 8.24. The van der Waals surface area contributed by atoms with Crippen LogP contribution in [0.1, 0.15) is 5.56 Å². The molecule has 4 rings (SSSR count). The molecule has 2 aliphatic rings. The first kappa shape index (κ1) is 16.1. The highest BCUT2D eigenvalue weighted by Gasteiger charge is 2.27. The van der Waals surface area contributed by atoms with E-state index in [9.17, 15) is 4.79 Å². The van der Waals surface area contributed by atoms with E-state index in [1.807, 2.05) is 30.3 Å². The molecule has 2 aliphatic heterocycles. The number of rotatable bonds is 4. The van der Waals surface area contributed by atoms with Crippen LogP contribution in [0.5, 0.6) is 23.0 Å². The summed E-state index contributed by atoms with van der Waals surface area (Å²) >= 11 is 0. The molecule has 0 unspecified atom stereocenters. The van der Waals surface area contributed by atoms with Crippen molar-refractivity contribution in [3.8, 4) is 23.0 Å². The van der Waals surface area contributed by atoms with Crippen molar-refractivity contribution in [2.45, 2.75) is 6.10 Å². The first-order valence-electron chi connectivity index (χ1n) is 8.24. The summed E-state index contributed by atoms with van der Waals surface area (Å²) in [5.41, 5.74) is 6.70. The Hall–Kier alpha value is -3.35. The van der Waals surface area contributed by atoms with Crippen LogP contribution in [0, 0.1) is 0 Å². The van der Waals surface area contributed by atoms with Crippen molar-refractivity contribution >= 4 is 11.6 Å². The smallest absolute Gasteiger partial charge is 0.282 e. The van der Waals surface area contributed by atoms with Gasteiger partial charge in [-0.25, -0.2) is 0 Å². The van der Waals surface area contributed by atoms with Gasteiger partial charge >= 0.3 is 0 Å².